The molecule has 2 nitrogen and oxygen atoms in total. The van der Waals surface area contributed by atoms with E-state index in [-0.39, 0.29) is 0 Å². The highest BCUT2D eigenvalue weighted by molar-refractivity contribution is 5.19. The molecule has 0 bridgehead atoms. The predicted molar refractivity (Wildman–Crippen MR) is 71.0 cm³/mol. The molecule has 17 heavy (non-hydrogen) atoms. The second kappa shape index (κ2) is 4.43. The largest absolute Gasteiger partial charge is 0.316 e. The SMILES string of the molecule is CC(c1ccccc1)N1CCC2(CCNC2)C1. The molecular formula is C15H22N2. The fraction of sp³-hybridized carbons (Fsp3) is 0.600. The first-order valence-electron chi connectivity index (χ1n) is 6.79. The molecule has 0 saturated carbocycles. The van der Waals surface area contributed by atoms with E-state index in [0.29, 0.717) is 11.5 Å². The van der Waals surface area contributed by atoms with E-state index in [1.807, 2.05) is 0 Å². The summed E-state index contributed by atoms with van der Waals surface area (Å²) in [5.74, 6) is 0. The van der Waals surface area contributed by atoms with Crippen LogP contribution in [0.3, 0.4) is 0 Å². The van der Waals surface area contributed by atoms with E-state index < -0.39 is 0 Å². The van der Waals surface area contributed by atoms with Crippen LogP contribution in [0.5, 0.6) is 0 Å². The van der Waals surface area contributed by atoms with E-state index in [9.17, 15) is 0 Å². The first-order valence-corrected chi connectivity index (χ1v) is 6.79. The van der Waals surface area contributed by atoms with Gasteiger partial charge in [-0.1, -0.05) is 30.3 Å². The Labute approximate surface area is 104 Å². The van der Waals surface area contributed by atoms with E-state index in [1.54, 1.807) is 0 Å². The quantitative estimate of drug-likeness (QED) is 0.839. The third-order valence-corrected chi connectivity index (χ3v) is 4.63. The lowest BCUT2D eigenvalue weighted by Crippen LogP contribution is -2.30. The minimum absolute atomic E-state index is 0.566. The number of hydrogen-bond acceptors (Lipinski definition) is 2. The van der Waals surface area contributed by atoms with Crippen molar-refractivity contribution in [3.8, 4) is 0 Å². The summed E-state index contributed by atoms with van der Waals surface area (Å²) in [5.41, 5.74) is 2.04. The Morgan fingerprint density at radius 2 is 2.06 bits per heavy atom. The van der Waals surface area contributed by atoms with Crippen LogP contribution < -0.4 is 5.32 Å². The minimum atomic E-state index is 0.566. The predicted octanol–water partition coefficient (Wildman–Crippen LogP) is 2.43. The molecular weight excluding hydrogens is 208 g/mol. The lowest BCUT2D eigenvalue weighted by Gasteiger charge is -2.27. The smallest absolute Gasteiger partial charge is 0.0320 e. The maximum atomic E-state index is 3.53. The molecule has 1 N–H and O–H groups in total. The van der Waals surface area contributed by atoms with Gasteiger partial charge in [-0.05, 0) is 43.8 Å². The Kier molecular flexibility index (Phi) is 2.93. The molecule has 1 aromatic carbocycles. The summed E-state index contributed by atoms with van der Waals surface area (Å²) in [6, 6.07) is 11.5. The zero-order chi connectivity index (χ0) is 11.7. The van der Waals surface area contributed by atoms with Gasteiger partial charge in [0.05, 0.1) is 0 Å². The lowest BCUT2D eigenvalue weighted by molar-refractivity contribution is 0.224. The molecule has 92 valence electrons. The molecule has 2 atom stereocenters. The summed E-state index contributed by atoms with van der Waals surface area (Å²) in [6.07, 6.45) is 2.74. The molecule has 1 spiro atoms. The number of benzene rings is 1. The van der Waals surface area contributed by atoms with Crippen molar-refractivity contribution in [3.05, 3.63) is 35.9 Å². The molecule has 2 unspecified atom stereocenters. The van der Waals surface area contributed by atoms with Crippen molar-refractivity contribution in [2.24, 2.45) is 5.41 Å². The molecule has 1 aromatic rings. The van der Waals surface area contributed by atoms with Crippen molar-refractivity contribution in [1.82, 2.24) is 10.2 Å². The summed E-state index contributed by atoms with van der Waals surface area (Å²) < 4.78 is 0. The van der Waals surface area contributed by atoms with Crippen LogP contribution in [0.15, 0.2) is 30.3 Å². The van der Waals surface area contributed by atoms with E-state index in [2.05, 4.69) is 47.5 Å². The number of rotatable bonds is 2. The highest BCUT2D eigenvalue weighted by Gasteiger charge is 2.41. The lowest BCUT2D eigenvalue weighted by atomic mass is 9.86. The normalized spacial score (nSPS) is 31.1. The molecule has 2 heteroatoms. The molecule has 2 aliphatic heterocycles. The molecule has 0 amide bonds. The van der Waals surface area contributed by atoms with Gasteiger partial charge < -0.3 is 5.32 Å². The summed E-state index contributed by atoms with van der Waals surface area (Å²) >= 11 is 0. The van der Waals surface area contributed by atoms with Crippen molar-refractivity contribution < 1.29 is 0 Å². The van der Waals surface area contributed by atoms with E-state index in [4.69, 9.17) is 0 Å². The third kappa shape index (κ3) is 2.12. The fourth-order valence-corrected chi connectivity index (χ4v) is 3.39. The summed E-state index contributed by atoms with van der Waals surface area (Å²) in [4.78, 5) is 2.66. The van der Waals surface area contributed by atoms with E-state index in [1.165, 1.54) is 44.6 Å². The molecule has 2 saturated heterocycles. The van der Waals surface area contributed by atoms with Crippen molar-refractivity contribution in [2.75, 3.05) is 26.2 Å². The van der Waals surface area contributed by atoms with Gasteiger partial charge in [0, 0.05) is 19.1 Å². The van der Waals surface area contributed by atoms with Gasteiger partial charge in [0.2, 0.25) is 0 Å². The highest BCUT2D eigenvalue weighted by atomic mass is 15.2. The molecule has 0 aromatic heterocycles. The third-order valence-electron chi connectivity index (χ3n) is 4.63. The Morgan fingerprint density at radius 1 is 1.24 bits per heavy atom. The van der Waals surface area contributed by atoms with Gasteiger partial charge >= 0.3 is 0 Å². The van der Waals surface area contributed by atoms with Crippen LogP contribution in [0.1, 0.15) is 31.4 Å². The van der Waals surface area contributed by atoms with Crippen molar-refractivity contribution >= 4 is 0 Å². The second-order valence-electron chi connectivity index (χ2n) is 5.73. The molecule has 2 aliphatic rings. The van der Waals surface area contributed by atoms with E-state index in [0.717, 1.165) is 0 Å². The van der Waals surface area contributed by atoms with Crippen molar-refractivity contribution in [3.63, 3.8) is 0 Å². The number of nitrogens with one attached hydrogen (secondary N) is 1. The molecule has 0 radical (unpaired) electrons. The van der Waals surface area contributed by atoms with Crippen LogP contribution in [-0.2, 0) is 0 Å². The second-order valence-corrected chi connectivity index (χ2v) is 5.73. The average Bonchev–Trinajstić information content (AvgIpc) is 3.01. The molecule has 3 rings (SSSR count). The fourth-order valence-electron chi connectivity index (χ4n) is 3.39. The topological polar surface area (TPSA) is 15.3 Å². The first-order chi connectivity index (χ1) is 8.29. The number of likely N-dealkylation sites (tertiary alicyclic amines) is 1. The van der Waals surface area contributed by atoms with Gasteiger partial charge in [0.1, 0.15) is 0 Å². The first kappa shape index (κ1) is 11.2. The number of hydrogen-bond donors (Lipinski definition) is 1. The molecule has 2 fully saturated rings. The minimum Gasteiger partial charge on any atom is -0.316 e. The Bertz CT molecular complexity index is 368. The van der Waals surface area contributed by atoms with Gasteiger partial charge in [0.25, 0.3) is 0 Å². The summed E-state index contributed by atoms with van der Waals surface area (Å²) in [5, 5.41) is 3.53. The maximum absolute atomic E-state index is 3.53. The van der Waals surface area contributed by atoms with Crippen LogP contribution in [0.2, 0.25) is 0 Å². The van der Waals surface area contributed by atoms with Crippen LogP contribution in [-0.4, -0.2) is 31.1 Å². The Balaban J connectivity index is 1.70. The maximum Gasteiger partial charge on any atom is 0.0320 e. The van der Waals surface area contributed by atoms with Gasteiger partial charge in [0.15, 0.2) is 0 Å². The summed E-state index contributed by atoms with van der Waals surface area (Å²) in [6.45, 7) is 7.32. The monoisotopic (exact) mass is 230 g/mol. The van der Waals surface area contributed by atoms with Crippen molar-refractivity contribution in [1.29, 1.82) is 0 Å². The van der Waals surface area contributed by atoms with Crippen LogP contribution in [0, 0.1) is 5.41 Å². The molecule has 0 aliphatic carbocycles. The molecule has 2 heterocycles. The summed E-state index contributed by atoms with van der Waals surface area (Å²) in [7, 11) is 0. The van der Waals surface area contributed by atoms with Crippen molar-refractivity contribution in [2.45, 2.75) is 25.8 Å². The van der Waals surface area contributed by atoms with Gasteiger partial charge in [-0.2, -0.15) is 0 Å². The van der Waals surface area contributed by atoms with Crippen LogP contribution >= 0.6 is 0 Å². The zero-order valence-electron chi connectivity index (χ0n) is 10.7. The van der Waals surface area contributed by atoms with Gasteiger partial charge in [-0.25, -0.2) is 0 Å². The van der Waals surface area contributed by atoms with E-state index >= 15 is 0 Å². The highest BCUT2D eigenvalue weighted by Crippen LogP contribution is 2.39. The average molecular weight is 230 g/mol. The van der Waals surface area contributed by atoms with Gasteiger partial charge in [-0.3, -0.25) is 4.90 Å². The van der Waals surface area contributed by atoms with Crippen LogP contribution in [0.4, 0.5) is 0 Å². The Hall–Kier alpha value is -0.860. The van der Waals surface area contributed by atoms with Crippen LogP contribution in [0.25, 0.3) is 0 Å². The standard InChI is InChI=1S/C15H22N2/c1-13(14-5-3-2-4-6-14)17-10-8-15(12-17)7-9-16-11-15/h2-6,13,16H,7-12H2,1H3. The zero-order valence-corrected chi connectivity index (χ0v) is 10.7. The number of nitrogens with zero attached hydrogens (tertiary/aromatic N) is 1. The Morgan fingerprint density at radius 3 is 2.76 bits per heavy atom. The van der Waals surface area contributed by atoms with Gasteiger partial charge in [-0.15, -0.1) is 0 Å².